The normalized spacial score (nSPS) is 17.8. The number of pyridine rings is 1. The molecule has 5 rings (SSSR count). The first-order valence-electron chi connectivity index (χ1n) is 10.5. The van der Waals surface area contributed by atoms with Crippen LogP contribution in [0.2, 0.25) is 0 Å². The van der Waals surface area contributed by atoms with Gasteiger partial charge in [0.25, 0.3) is 0 Å². The molecule has 1 aromatic carbocycles. The fourth-order valence-corrected chi connectivity index (χ4v) is 4.17. The molecule has 0 spiro atoms. The van der Waals surface area contributed by atoms with Crippen LogP contribution >= 0.6 is 0 Å². The summed E-state index contributed by atoms with van der Waals surface area (Å²) < 4.78 is 18.5. The Balaban J connectivity index is 1.30. The van der Waals surface area contributed by atoms with Crippen LogP contribution in [0, 0.1) is 0 Å². The van der Waals surface area contributed by atoms with Crippen molar-refractivity contribution in [3.8, 4) is 11.5 Å². The number of rotatable bonds is 5. The highest BCUT2D eigenvalue weighted by atomic mass is 16.6. The number of methoxy groups -OCH3 is 1. The predicted octanol–water partition coefficient (Wildman–Crippen LogP) is 2.87. The maximum Gasteiger partial charge on any atom is 0.321 e. The number of aromatic nitrogens is 3. The van der Waals surface area contributed by atoms with Crippen molar-refractivity contribution in [2.75, 3.05) is 45.3 Å². The van der Waals surface area contributed by atoms with Crippen molar-refractivity contribution < 1.29 is 19.0 Å². The highest BCUT2D eigenvalue weighted by molar-refractivity contribution is 5.90. The van der Waals surface area contributed by atoms with Crippen LogP contribution in [0.5, 0.6) is 11.5 Å². The van der Waals surface area contributed by atoms with E-state index in [0.717, 1.165) is 23.4 Å². The van der Waals surface area contributed by atoms with Gasteiger partial charge in [0.1, 0.15) is 24.6 Å². The number of hydrogen-bond acceptors (Lipinski definition) is 6. The minimum atomic E-state index is -0.128. The molecule has 1 unspecified atom stereocenters. The quantitative estimate of drug-likeness (QED) is 0.679. The number of likely N-dealkylation sites (tertiary alicyclic amines) is 1. The third-order valence-corrected chi connectivity index (χ3v) is 5.69. The van der Waals surface area contributed by atoms with E-state index in [0.29, 0.717) is 56.6 Å². The summed E-state index contributed by atoms with van der Waals surface area (Å²) >= 11 is 0. The molecule has 1 N–H and O–H groups in total. The van der Waals surface area contributed by atoms with Crippen LogP contribution in [-0.4, -0.2) is 65.5 Å². The van der Waals surface area contributed by atoms with Crippen LogP contribution in [0.25, 0.3) is 11.2 Å². The summed E-state index contributed by atoms with van der Waals surface area (Å²) in [4.78, 5) is 24.0. The van der Waals surface area contributed by atoms with Gasteiger partial charge in [-0.25, -0.2) is 14.8 Å². The maximum atomic E-state index is 12.9. The summed E-state index contributed by atoms with van der Waals surface area (Å²) in [6.07, 6.45) is 2.63. The van der Waals surface area contributed by atoms with Crippen molar-refractivity contribution in [3.63, 3.8) is 0 Å². The maximum absolute atomic E-state index is 12.9. The first kappa shape index (κ1) is 19.6. The van der Waals surface area contributed by atoms with Crippen LogP contribution in [0.1, 0.15) is 18.2 Å². The number of carbonyl (C=O) groups is 1. The number of carbonyl (C=O) groups excluding carboxylic acids is 1. The van der Waals surface area contributed by atoms with E-state index >= 15 is 0 Å². The zero-order chi connectivity index (χ0) is 21.2. The van der Waals surface area contributed by atoms with Gasteiger partial charge in [-0.2, -0.15) is 0 Å². The van der Waals surface area contributed by atoms with E-state index in [9.17, 15) is 4.79 Å². The average Bonchev–Trinajstić information content (AvgIpc) is 3.42. The molecule has 1 saturated heterocycles. The molecule has 4 heterocycles. The Hall–Kier alpha value is -3.33. The van der Waals surface area contributed by atoms with Gasteiger partial charge in [0.15, 0.2) is 17.1 Å². The molecule has 2 amide bonds. The molecule has 162 valence electrons. The lowest BCUT2D eigenvalue weighted by atomic mass is 10.1. The summed E-state index contributed by atoms with van der Waals surface area (Å²) in [6.45, 7) is 3.58. The molecule has 2 aliphatic heterocycles. The number of nitrogens with one attached hydrogen (secondary N) is 1. The van der Waals surface area contributed by atoms with E-state index in [-0.39, 0.29) is 11.9 Å². The highest BCUT2D eigenvalue weighted by Crippen LogP contribution is 2.33. The lowest BCUT2D eigenvalue weighted by Crippen LogP contribution is -2.33. The molecule has 0 saturated carbocycles. The number of imidazole rings is 1. The highest BCUT2D eigenvalue weighted by Gasteiger charge is 2.31. The molecule has 0 radical (unpaired) electrons. The molecule has 1 atom stereocenters. The fraction of sp³-hybridized carbons (Fsp3) is 0.409. The lowest BCUT2D eigenvalue weighted by molar-refractivity contribution is 0.171. The number of amides is 2. The van der Waals surface area contributed by atoms with E-state index in [1.54, 1.807) is 19.4 Å². The topological polar surface area (TPSA) is 90.7 Å². The summed E-state index contributed by atoms with van der Waals surface area (Å²) in [5, 5.41) is 2.97. The zero-order valence-electron chi connectivity index (χ0n) is 17.4. The van der Waals surface area contributed by atoms with Crippen molar-refractivity contribution >= 4 is 22.9 Å². The van der Waals surface area contributed by atoms with E-state index in [2.05, 4.69) is 14.9 Å². The molecule has 31 heavy (non-hydrogen) atoms. The smallest absolute Gasteiger partial charge is 0.321 e. The molecule has 1 fully saturated rings. The van der Waals surface area contributed by atoms with Crippen molar-refractivity contribution in [3.05, 3.63) is 42.4 Å². The van der Waals surface area contributed by atoms with Crippen LogP contribution in [0.3, 0.4) is 0 Å². The van der Waals surface area contributed by atoms with Gasteiger partial charge in [-0.1, -0.05) is 0 Å². The minimum absolute atomic E-state index is 0.128. The number of hydrogen-bond donors (Lipinski definition) is 1. The van der Waals surface area contributed by atoms with Crippen LogP contribution in [0.4, 0.5) is 10.5 Å². The first-order valence-corrected chi connectivity index (χ1v) is 10.5. The molecule has 9 heteroatoms. The monoisotopic (exact) mass is 423 g/mol. The van der Waals surface area contributed by atoms with Gasteiger partial charge in [0, 0.05) is 50.6 Å². The Morgan fingerprint density at radius 3 is 3.00 bits per heavy atom. The third kappa shape index (κ3) is 3.88. The van der Waals surface area contributed by atoms with Gasteiger partial charge in [0.2, 0.25) is 0 Å². The van der Waals surface area contributed by atoms with Gasteiger partial charge in [-0.05, 0) is 30.7 Å². The summed E-state index contributed by atoms with van der Waals surface area (Å²) in [7, 11) is 1.69. The molecule has 2 aliphatic rings. The summed E-state index contributed by atoms with van der Waals surface area (Å²) in [5.41, 5.74) is 2.41. The van der Waals surface area contributed by atoms with Crippen LogP contribution in [0.15, 0.2) is 36.5 Å². The molecule has 0 bridgehead atoms. The largest absolute Gasteiger partial charge is 0.486 e. The minimum Gasteiger partial charge on any atom is -0.486 e. The number of fused-ring (bicyclic) bond motifs is 2. The number of anilines is 1. The van der Waals surface area contributed by atoms with Crippen LogP contribution in [-0.2, 0) is 11.3 Å². The van der Waals surface area contributed by atoms with Crippen molar-refractivity contribution in [2.45, 2.75) is 18.9 Å². The summed E-state index contributed by atoms with van der Waals surface area (Å²) in [6, 6.07) is 9.18. The molecule has 9 nitrogen and oxygen atoms in total. The van der Waals surface area contributed by atoms with E-state index in [1.165, 1.54) is 0 Å². The fourth-order valence-electron chi connectivity index (χ4n) is 4.17. The predicted molar refractivity (Wildman–Crippen MR) is 115 cm³/mol. The number of nitrogens with zero attached hydrogens (tertiary/aromatic N) is 4. The Bertz CT molecular complexity index is 1100. The van der Waals surface area contributed by atoms with Gasteiger partial charge in [0.05, 0.1) is 6.61 Å². The Morgan fingerprint density at radius 2 is 2.13 bits per heavy atom. The van der Waals surface area contributed by atoms with Crippen molar-refractivity contribution in [1.82, 2.24) is 19.4 Å². The first-order chi connectivity index (χ1) is 15.2. The van der Waals surface area contributed by atoms with Gasteiger partial charge < -0.3 is 29.0 Å². The second-order valence-corrected chi connectivity index (χ2v) is 7.68. The standard InChI is InChI=1S/C22H25N5O4/c1-29-10-9-27-20(25-17-3-2-7-23-21(17)27)15-6-8-26(14-15)22(28)24-16-4-5-18-19(13-16)31-12-11-30-18/h2-5,7,13,15H,6,8-12,14H2,1H3,(H,24,28). The lowest BCUT2D eigenvalue weighted by Gasteiger charge is -2.21. The van der Waals surface area contributed by atoms with Gasteiger partial charge >= 0.3 is 6.03 Å². The second-order valence-electron chi connectivity index (χ2n) is 7.68. The summed E-state index contributed by atoms with van der Waals surface area (Å²) in [5.74, 6) is 2.47. The van der Waals surface area contributed by atoms with E-state index in [1.807, 2.05) is 29.2 Å². The third-order valence-electron chi connectivity index (χ3n) is 5.69. The SMILES string of the molecule is COCCn1c(C2CCN(C(=O)Nc3ccc4c(c3)OCCO4)C2)nc2cccnc21. The van der Waals surface area contributed by atoms with E-state index in [4.69, 9.17) is 19.2 Å². The van der Waals surface area contributed by atoms with E-state index < -0.39 is 0 Å². The van der Waals surface area contributed by atoms with Crippen molar-refractivity contribution in [2.24, 2.45) is 0 Å². The Labute approximate surface area is 179 Å². The second kappa shape index (κ2) is 8.43. The van der Waals surface area contributed by atoms with Gasteiger partial charge in [-0.15, -0.1) is 0 Å². The number of benzene rings is 1. The number of ether oxygens (including phenoxy) is 3. The number of urea groups is 1. The van der Waals surface area contributed by atoms with Crippen molar-refractivity contribution in [1.29, 1.82) is 0 Å². The van der Waals surface area contributed by atoms with Crippen LogP contribution < -0.4 is 14.8 Å². The Kier molecular flexibility index (Phi) is 5.33. The molecular weight excluding hydrogens is 398 g/mol. The zero-order valence-corrected chi connectivity index (χ0v) is 17.4. The average molecular weight is 423 g/mol. The molecule has 2 aromatic heterocycles. The van der Waals surface area contributed by atoms with Gasteiger partial charge in [-0.3, -0.25) is 0 Å². The molecule has 0 aliphatic carbocycles. The molecule has 3 aromatic rings. The molecular formula is C22H25N5O4. The Morgan fingerprint density at radius 1 is 1.26 bits per heavy atom.